The van der Waals surface area contributed by atoms with Gasteiger partial charge in [-0.1, -0.05) is 6.07 Å². The first-order valence-corrected chi connectivity index (χ1v) is 9.92. The van der Waals surface area contributed by atoms with E-state index in [1.807, 2.05) is 17.9 Å². The number of ether oxygens (including phenoxy) is 1. The summed E-state index contributed by atoms with van der Waals surface area (Å²) in [6.07, 6.45) is 1.65. The van der Waals surface area contributed by atoms with E-state index in [-0.39, 0.29) is 24.3 Å². The van der Waals surface area contributed by atoms with Gasteiger partial charge in [0.05, 0.1) is 13.2 Å². The Bertz CT molecular complexity index is 854. The minimum absolute atomic E-state index is 0.156. The van der Waals surface area contributed by atoms with Crippen molar-refractivity contribution < 1.29 is 18.7 Å². The van der Waals surface area contributed by atoms with E-state index in [4.69, 9.17) is 4.74 Å². The molecule has 2 aromatic rings. The molecule has 8 nitrogen and oxygen atoms in total. The SMILES string of the molecule is CCOc1ncccc1CNC(=O)N1CCN(CC(=O)Nc2ccc(F)cc2)CC1. The van der Waals surface area contributed by atoms with Gasteiger partial charge in [0.15, 0.2) is 0 Å². The normalized spacial score (nSPS) is 14.3. The first kappa shape index (κ1) is 21.5. The number of nitrogens with one attached hydrogen (secondary N) is 2. The summed E-state index contributed by atoms with van der Waals surface area (Å²) in [6, 6.07) is 9.17. The predicted molar refractivity (Wildman–Crippen MR) is 111 cm³/mol. The number of aromatic nitrogens is 1. The zero-order valence-electron chi connectivity index (χ0n) is 16.9. The fourth-order valence-electron chi connectivity index (χ4n) is 3.15. The molecule has 1 aliphatic heterocycles. The highest BCUT2D eigenvalue weighted by molar-refractivity contribution is 5.92. The van der Waals surface area contributed by atoms with Crippen molar-refractivity contribution in [3.8, 4) is 5.88 Å². The smallest absolute Gasteiger partial charge is 0.317 e. The number of nitrogens with zero attached hydrogens (tertiary/aromatic N) is 3. The standard InChI is InChI=1S/C21H26FN5O3/c1-2-30-20-16(4-3-9-23-20)14-24-21(29)27-12-10-26(11-13-27)15-19(28)25-18-7-5-17(22)6-8-18/h3-9H,2,10-15H2,1H3,(H,24,29)(H,25,28). The Kier molecular flexibility index (Phi) is 7.56. The Morgan fingerprint density at radius 3 is 2.57 bits per heavy atom. The van der Waals surface area contributed by atoms with E-state index in [0.29, 0.717) is 50.9 Å². The number of anilines is 1. The van der Waals surface area contributed by atoms with E-state index >= 15 is 0 Å². The lowest BCUT2D eigenvalue weighted by atomic mass is 10.2. The van der Waals surface area contributed by atoms with Gasteiger partial charge in [0.2, 0.25) is 11.8 Å². The molecule has 1 saturated heterocycles. The van der Waals surface area contributed by atoms with Gasteiger partial charge in [-0.15, -0.1) is 0 Å². The fourth-order valence-corrected chi connectivity index (χ4v) is 3.15. The zero-order chi connectivity index (χ0) is 21.3. The van der Waals surface area contributed by atoms with Crippen molar-refractivity contribution >= 4 is 17.6 Å². The number of piperazine rings is 1. The number of rotatable bonds is 7. The first-order valence-electron chi connectivity index (χ1n) is 9.92. The summed E-state index contributed by atoms with van der Waals surface area (Å²) >= 11 is 0. The number of amides is 3. The van der Waals surface area contributed by atoms with Crippen molar-refractivity contribution in [1.82, 2.24) is 20.1 Å². The molecule has 0 spiro atoms. The molecule has 0 radical (unpaired) electrons. The third-order valence-corrected chi connectivity index (χ3v) is 4.72. The van der Waals surface area contributed by atoms with Crippen LogP contribution in [0.4, 0.5) is 14.9 Å². The summed E-state index contributed by atoms with van der Waals surface area (Å²) < 4.78 is 18.4. The molecular formula is C21H26FN5O3. The number of halogens is 1. The van der Waals surface area contributed by atoms with Crippen LogP contribution in [-0.2, 0) is 11.3 Å². The van der Waals surface area contributed by atoms with Crippen LogP contribution in [0, 0.1) is 5.82 Å². The molecule has 1 fully saturated rings. The molecule has 3 rings (SSSR count). The average molecular weight is 415 g/mol. The van der Waals surface area contributed by atoms with Crippen LogP contribution in [0.1, 0.15) is 12.5 Å². The summed E-state index contributed by atoms with van der Waals surface area (Å²) in [7, 11) is 0. The molecule has 0 unspecified atom stereocenters. The molecule has 0 saturated carbocycles. The molecular weight excluding hydrogens is 389 g/mol. The van der Waals surface area contributed by atoms with Gasteiger partial charge in [-0.3, -0.25) is 9.69 Å². The van der Waals surface area contributed by atoms with E-state index in [1.54, 1.807) is 17.2 Å². The highest BCUT2D eigenvalue weighted by atomic mass is 19.1. The van der Waals surface area contributed by atoms with Crippen molar-refractivity contribution in [2.75, 3.05) is 44.6 Å². The van der Waals surface area contributed by atoms with E-state index < -0.39 is 0 Å². The number of hydrogen-bond donors (Lipinski definition) is 2. The van der Waals surface area contributed by atoms with Gasteiger partial charge < -0.3 is 20.3 Å². The van der Waals surface area contributed by atoms with Gasteiger partial charge in [0.1, 0.15) is 5.82 Å². The molecule has 2 N–H and O–H groups in total. The van der Waals surface area contributed by atoms with Crippen LogP contribution in [0.5, 0.6) is 5.88 Å². The highest BCUT2D eigenvalue weighted by Crippen LogP contribution is 2.14. The maximum Gasteiger partial charge on any atom is 0.317 e. The van der Waals surface area contributed by atoms with Crippen LogP contribution in [0.3, 0.4) is 0 Å². The highest BCUT2D eigenvalue weighted by Gasteiger charge is 2.22. The quantitative estimate of drug-likeness (QED) is 0.723. The summed E-state index contributed by atoms with van der Waals surface area (Å²) in [5, 5.41) is 5.65. The molecule has 0 atom stereocenters. The molecule has 9 heteroatoms. The van der Waals surface area contributed by atoms with Gasteiger partial charge in [-0.25, -0.2) is 14.2 Å². The molecule has 0 bridgehead atoms. The molecule has 2 heterocycles. The van der Waals surface area contributed by atoms with Crippen LogP contribution in [0.2, 0.25) is 0 Å². The topological polar surface area (TPSA) is 86.8 Å². The maximum atomic E-state index is 12.9. The number of urea groups is 1. The van der Waals surface area contributed by atoms with Gasteiger partial charge in [-0.2, -0.15) is 0 Å². The van der Waals surface area contributed by atoms with E-state index in [9.17, 15) is 14.0 Å². The molecule has 1 aromatic carbocycles. The van der Waals surface area contributed by atoms with Crippen LogP contribution in [0.25, 0.3) is 0 Å². The summed E-state index contributed by atoms with van der Waals surface area (Å²) in [5.74, 6) is 0.0110. The van der Waals surface area contributed by atoms with Crippen LogP contribution >= 0.6 is 0 Å². The summed E-state index contributed by atoms with van der Waals surface area (Å²) in [4.78, 5) is 32.5. The lowest BCUT2D eigenvalue weighted by molar-refractivity contribution is -0.117. The molecule has 3 amide bonds. The lowest BCUT2D eigenvalue weighted by Crippen LogP contribution is -2.52. The number of hydrogen-bond acceptors (Lipinski definition) is 5. The lowest BCUT2D eigenvalue weighted by Gasteiger charge is -2.34. The number of pyridine rings is 1. The largest absolute Gasteiger partial charge is 0.478 e. The van der Waals surface area contributed by atoms with Crippen molar-refractivity contribution in [2.24, 2.45) is 0 Å². The van der Waals surface area contributed by atoms with Crippen molar-refractivity contribution in [2.45, 2.75) is 13.5 Å². The fraction of sp³-hybridized carbons (Fsp3) is 0.381. The van der Waals surface area contributed by atoms with Gasteiger partial charge in [-0.05, 0) is 37.3 Å². The van der Waals surface area contributed by atoms with E-state index in [1.165, 1.54) is 24.3 Å². The van der Waals surface area contributed by atoms with Crippen LogP contribution < -0.4 is 15.4 Å². The number of benzene rings is 1. The molecule has 1 aliphatic rings. The molecule has 160 valence electrons. The van der Waals surface area contributed by atoms with Gasteiger partial charge >= 0.3 is 6.03 Å². The van der Waals surface area contributed by atoms with E-state index in [2.05, 4.69) is 15.6 Å². The second-order valence-corrected chi connectivity index (χ2v) is 6.88. The Morgan fingerprint density at radius 2 is 1.87 bits per heavy atom. The Morgan fingerprint density at radius 1 is 1.13 bits per heavy atom. The Balaban J connectivity index is 1.41. The summed E-state index contributed by atoms with van der Waals surface area (Å²) in [6.45, 7) is 5.21. The monoisotopic (exact) mass is 415 g/mol. The molecule has 30 heavy (non-hydrogen) atoms. The van der Waals surface area contributed by atoms with Crippen LogP contribution in [0.15, 0.2) is 42.6 Å². The molecule has 0 aliphatic carbocycles. The number of carbonyl (C=O) groups is 2. The second-order valence-electron chi connectivity index (χ2n) is 6.88. The predicted octanol–water partition coefficient (Wildman–Crippen LogP) is 2.09. The van der Waals surface area contributed by atoms with Gasteiger partial charge in [0, 0.05) is 50.2 Å². The van der Waals surface area contributed by atoms with Crippen molar-refractivity contribution in [3.05, 3.63) is 54.0 Å². The average Bonchev–Trinajstić information content (AvgIpc) is 2.75. The Hall–Kier alpha value is -3.20. The zero-order valence-corrected chi connectivity index (χ0v) is 16.9. The molecule has 1 aromatic heterocycles. The Labute approximate surface area is 175 Å². The van der Waals surface area contributed by atoms with Crippen molar-refractivity contribution in [3.63, 3.8) is 0 Å². The first-order chi connectivity index (χ1) is 14.5. The van der Waals surface area contributed by atoms with Crippen LogP contribution in [-0.4, -0.2) is 66.1 Å². The van der Waals surface area contributed by atoms with Crippen molar-refractivity contribution in [1.29, 1.82) is 0 Å². The maximum absolute atomic E-state index is 12.9. The van der Waals surface area contributed by atoms with E-state index in [0.717, 1.165) is 5.56 Å². The minimum atomic E-state index is -0.347. The van der Waals surface area contributed by atoms with Gasteiger partial charge in [0.25, 0.3) is 0 Å². The summed E-state index contributed by atoms with van der Waals surface area (Å²) in [5.41, 5.74) is 1.38. The third-order valence-electron chi connectivity index (χ3n) is 4.72. The minimum Gasteiger partial charge on any atom is -0.478 e. The third kappa shape index (κ3) is 6.15. The second kappa shape index (κ2) is 10.5. The number of carbonyl (C=O) groups excluding carboxylic acids is 2.